The number of ether oxygens (including phenoxy) is 1. The molecule has 1 aromatic rings. The van der Waals surface area contributed by atoms with Crippen LogP contribution in [0.25, 0.3) is 0 Å². The molecule has 0 aliphatic carbocycles. The Balaban J connectivity index is 1.71. The van der Waals surface area contributed by atoms with Gasteiger partial charge >= 0.3 is 0 Å². The molecule has 1 aliphatic heterocycles. The van der Waals surface area contributed by atoms with Crippen molar-refractivity contribution in [2.45, 2.75) is 19.4 Å². The average molecular weight is 278 g/mol. The number of aliphatic hydroxyl groups is 1. The number of hydrogen-bond donors (Lipinski definition) is 1. The molecule has 0 unspecified atom stereocenters. The quantitative estimate of drug-likeness (QED) is 0.860. The van der Waals surface area contributed by atoms with Gasteiger partial charge in [0.1, 0.15) is 12.4 Å². The van der Waals surface area contributed by atoms with Crippen LogP contribution in [0.3, 0.4) is 0 Å². The molecule has 1 heterocycles. The van der Waals surface area contributed by atoms with Gasteiger partial charge in [-0.3, -0.25) is 4.90 Å². The van der Waals surface area contributed by atoms with Gasteiger partial charge < -0.3 is 14.7 Å². The summed E-state index contributed by atoms with van der Waals surface area (Å²) in [5, 5.41) is 9.74. The minimum Gasteiger partial charge on any atom is -0.492 e. The van der Waals surface area contributed by atoms with Crippen molar-refractivity contribution in [1.82, 2.24) is 9.80 Å². The van der Waals surface area contributed by atoms with Gasteiger partial charge in [-0.05, 0) is 31.2 Å². The van der Waals surface area contributed by atoms with Crippen molar-refractivity contribution < 1.29 is 9.84 Å². The van der Waals surface area contributed by atoms with Crippen molar-refractivity contribution in [1.29, 1.82) is 0 Å². The molecule has 1 atom stereocenters. The topological polar surface area (TPSA) is 35.9 Å². The lowest BCUT2D eigenvalue weighted by Crippen LogP contribution is -2.45. The summed E-state index contributed by atoms with van der Waals surface area (Å²) in [6.07, 6.45) is 0.373. The Morgan fingerprint density at radius 3 is 2.40 bits per heavy atom. The summed E-state index contributed by atoms with van der Waals surface area (Å²) in [6, 6.07) is 7.77. The molecule has 4 nitrogen and oxygen atoms in total. The summed E-state index contributed by atoms with van der Waals surface area (Å²) < 4.78 is 5.77. The lowest BCUT2D eigenvalue weighted by atomic mass is 10.1. The molecule has 0 saturated carbocycles. The number of likely N-dealkylation sites (N-methyl/N-ethyl adjacent to an activating group) is 1. The second-order valence-corrected chi connectivity index (χ2v) is 5.49. The van der Waals surface area contributed by atoms with Crippen LogP contribution in [0.2, 0.25) is 0 Å². The van der Waals surface area contributed by atoms with Gasteiger partial charge in [0.15, 0.2) is 0 Å². The van der Waals surface area contributed by atoms with Crippen LogP contribution in [-0.2, 0) is 0 Å². The van der Waals surface area contributed by atoms with Gasteiger partial charge in [0.25, 0.3) is 0 Å². The summed E-state index contributed by atoms with van der Waals surface area (Å²) in [6.45, 7) is 8.22. The van der Waals surface area contributed by atoms with Crippen LogP contribution in [0.5, 0.6) is 5.75 Å². The number of rotatable bonds is 6. The molecule has 1 N–H and O–H groups in total. The zero-order valence-electron chi connectivity index (χ0n) is 12.6. The van der Waals surface area contributed by atoms with E-state index < -0.39 is 0 Å². The third kappa shape index (κ3) is 4.47. The molecule has 0 aromatic heterocycles. The van der Waals surface area contributed by atoms with Crippen molar-refractivity contribution in [2.24, 2.45) is 0 Å². The summed E-state index contributed by atoms with van der Waals surface area (Å²) in [5.41, 5.74) is 0.957. The van der Waals surface area contributed by atoms with Crippen molar-refractivity contribution >= 4 is 0 Å². The van der Waals surface area contributed by atoms with E-state index in [1.54, 1.807) is 0 Å². The molecular formula is C16H26N2O2. The number of hydrogen-bond acceptors (Lipinski definition) is 4. The SMILES string of the molecule is CC[C@@H](O)c1ccc(OCCN2CCN(C)CC2)cc1. The molecule has 0 radical (unpaired) electrons. The molecule has 4 heteroatoms. The standard InChI is InChI=1S/C16H26N2O2/c1-3-16(19)14-4-6-15(7-5-14)20-13-12-18-10-8-17(2)9-11-18/h4-7,16,19H,3,8-13H2,1-2H3/t16-/m1/s1. The normalized spacial score (nSPS) is 18.9. The zero-order valence-corrected chi connectivity index (χ0v) is 12.6. The van der Waals surface area contributed by atoms with Gasteiger partial charge in [0.05, 0.1) is 6.10 Å². The van der Waals surface area contributed by atoms with Crippen molar-refractivity contribution in [2.75, 3.05) is 46.4 Å². The molecule has 20 heavy (non-hydrogen) atoms. The first-order valence-corrected chi connectivity index (χ1v) is 7.50. The van der Waals surface area contributed by atoms with Crippen LogP contribution in [0, 0.1) is 0 Å². The highest BCUT2D eigenvalue weighted by atomic mass is 16.5. The molecule has 0 spiro atoms. The van der Waals surface area contributed by atoms with Crippen molar-refractivity contribution in [3.63, 3.8) is 0 Å². The van der Waals surface area contributed by atoms with Gasteiger partial charge in [-0.25, -0.2) is 0 Å². The van der Waals surface area contributed by atoms with E-state index in [-0.39, 0.29) is 6.10 Å². The number of nitrogens with zero attached hydrogens (tertiary/aromatic N) is 2. The Labute approximate surface area is 122 Å². The maximum absolute atomic E-state index is 9.74. The van der Waals surface area contributed by atoms with Crippen LogP contribution >= 0.6 is 0 Å². The third-order valence-electron chi connectivity index (χ3n) is 3.92. The van der Waals surface area contributed by atoms with Gasteiger partial charge in [-0.15, -0.1) is 0 Å². The van der Waals surface area contributed by atoms with E-state index in [4.69, 9.17) is 4.74 Å². The average Bonchev–Trinajstić information content (AvgIpc) is 2.49. The highest BCUT2D eigenvalue weighted by Gasteiger charge is 2.13. The Morgan fingerprint density at radius 2 is 1.80 bits per heavy atom. The van der Waals surface area contributed by atoms with Crippen LogP contribution < -0.4 is 4.74 Å². The molecular weight excluding hydrogens is 252 g/mol. The molecule has 1 fully saturated rings. The van der Waals surface area contributed by atoms with E-state index in [1.165, 1.54) is 0 Å². The van der Waals surface area contributed by atoms with Gasteiger partial charge in [0, 0.05) is 32.7 Å². The third-order valence-corrected chi connectivity index (χ3v) is 3.92. The Morgan fingerprint density at radius 1 is 1.15 bits per heavy atom. The van der Waals surface area contributed by atoms with E-state index in [9.17, 15) is 5.11 Å². The largest absolute Gasteiger partial charge is 0.492 e. The summed E-state index contributed by atoms with van der Waals surface area (Å²) in [4.78, 5) is 4.80. The number of aliphatic hydroxyl groups excluding tert-OH is 1. The monoisotopic (exact) mass is 278 g/mol. The lowest BCUT2D eigenvalue weighted by Gasteiger charge is -2.32. The van der Waals surface area contributed by atoms with E-state index in [2.05, 4.69) is 16.8 Å². The molecule has 1 aromatic carbocycles. The zero-order chi connectivity index (χ0) is 14.4. The van der Waals surface area contributed by atoms with Crippen molar-refractivity contribution in [3.8, 4) is 5.75 Å². The number of piperazine rings is 1. The first-order chi connectivity index (χ1) is 9.69. The molecule has 2 rings (SSSR count). The Hall–Kier alpha value is -1.10. The maximum atomic E-state index is 9.74. The summed E-state index contributed by atoms with van der Waals surface area (Å²) in [5.74, 6) is 0.881. The second kappa shape index (κ2) is 7.62. The Bertz CT molecular complexity index is 386. The van der Waals surface area contributed by atoms with E-state index in [0.29, 0.717) is 0 Å². The molecule has 0 amide bonds. The maximum Gasteiger partial charge on any atom is 0.119 e. The smallest absolute Gasteiger partial charge is 0.119 e. The van der Waals surface area contributed by atoms with Crippen LogP contribution in [-0.4, -0.2) is 61.3 Å². The number of benzene rings is 1. The highest BCUT2D eigenvalue weighted by molar-refractivity contribution is 5.28. The van der Waals surface area contributed by atoms with Crippen LogP contribution in [0.1, 0.15) is 25.0 Å². The fourth-order valence-corrected chi connectivity index (χ4v) is 2.39. The minimum absolute atomic E-state index is 0.366. The van der Waals surface area contributed by atoms with E-state index in [1.807, 2.05) is 31.2 Å². The summed E-state index contributed by atoms with van der Waals surface area (Å²) in [7, 11) is 2.17. The molecule has 1 aliphatic rings. The molecule has 1 saturated heterocycles. The highest BCUT2D eigenvalue weighted by Crippen LogP contribution is 2.19. The fourth-order valence-electron chi connectivity index (χ4n) is 2.39. The molecule has 0 bridgehead atoms. The molecule has 112 valence electrons. The first-order valence-electron chi connectivity index (χ1n) is 7.50. The van der Waals surface area contributed by atoms with Crippen LogP contribution in [0.4, 0.5) is 0 Å². The second-order valence-electron chi connectivity index (χ2n) is 5.49. The van der Waals surface area contributed by atoms with E-state index in [0.717, 1.165) is 57.1 Å². The van der Waals surface area contributed by atoms with Gasteiger partial charge in [0.2, 0.25) is 0 Å². The predicted molar refractivity (Wildman–Crippen MR) is 81.1 cm³/mol. The van der Waals surface area contributed by atoms with Crippen LogP contribution in [0.15, 0.2) is 24.3 Å². The fraction of sp³-hybridized carbons (Fsp3) is 0.625. The lowest BCUT2D eigenvalue weighted by molar-refractivity contribution is 0.133. The summed E-state index contributed by atoms with van der Waals surface area (Å²) >= 11 is 0. The van der Waals surface area contributed by atoms with Crippen molar-refractivity contribution in [3.05, 3.63) is 29.8 Å². The van der Waals surface area contributed by atoms with Gasteiger partial charge in [-0.2, -0.15) is 0 Å². The first kappa shape index (κ1) is 15.3. The van der Waals surface area contributed by atoms with Gasteiger partial charge in [-0.1, -0.05) is 19.1 Å². The van der Waals surface area contributed by atoms with E-state index >= 15 is 0 Å². The predicted octanol–water partition coefficient (Wildman–Crippen LogP) is 1.76. The Kier molecular flexibility index (Phi) is 5.83. The minimum atomic E-state index is -0.366.